The number of benzene rings is 1. The molecule has 0 atom stereocenters. The average Bonchev–Trinajstić information content (AvgIpc) is 2.59. The van der Waals surface area contributed by atoms with Gasteiger partial charge in [0.15, 0.2) is 5.96 Å². The number of nitrogens with zero attached hydrogens (tertiary/aromatic N) is 3. The summed E-state index contributed by atoms with van der Waals surface area (Å²) in [5.74, 6) is 1.07. The Kier molecular flexibility index (Phi) is 6.71. The van der Waals surface area contributed by atoms with Gasteiger partial charge in [-0.1, -0.05) is 37.6 Å². The highest BCUT2D eigenvalue weighted by Crippen LogP contribution is 2.25. The fourth-order valence-corrected chi connectivity index (χ4v) is 3.05. The van der Waals surface area contributed by atoms with Gasteiger partial charge in [-0.25, -0.2) is 0 Å². The number of guanidine groups is 1. The van der Waals surface area contributed by atoms with Crippen LogP contribution in [0.3, 0.4) is 0 Å². The van der Waals surface area contributed by atoms with Crippen molar-refractivity contribution in [1.82, 2.24) is 15.1 Å². The molecule has 1 aromatic carbocycles. The van der Waals surface area contributed by atoms with Gasteiger partial charge in [-0.2, -0.15) is 0 Å². The van der Waals surface area contributed by atoms with E-state index < -0.39 is 0 Å². The number of hydrogen-bond acceptors (Lipinski definition) is 2. The summed E-state index contributed by atoms with van der Waals surface area (Å²) in [5.41, 5.74) is 1.14. The molecular weight excluding hydrogens is 336 g/mol. The molecule has 1 saturated heterocycles. The molecular formula is C19H29ClN4O. The number of nitrogens with one attached hydrogen (secondary N) is 1. The number of halogens is 1. The van der Waals surface area contributed by atoms with E-state index in [0.717, 1.165) is 43.7 Å². The summed E-state index contributed by atoms with van der Waals surface area (Å²) in [7, 11) is 0. The van der Waals surface area contributed by atoms with Gasteiger partial charge in [0.1, 0.15) is 0 Å². The Labute approximate surface area is 156 Å². The van der Waals surface area contributed by atoms with E-state index in [9.17, 15) is 4.79 Å². The molecule has 1 fully saturated rings. The first-order valence-electron chi connectivity index (χ1n) is 8.88. The fourth-order valence-electron chi connectivity index (χ4n) is 2.92. The lowest BCUT2D eigenvalue weighted by Gasteiger charge is -2.36. The maximum atomic E-state index is 11.5. The van der Waals surface area contributed by atoms with E-state index in [1.54, 1.807) is 6.92 Å². The molecule has 138 valence electrons. The molecule has 0 aromatic heterocycles. The van der Waals surface area contributed by atoms with Crippen LogP contribution in [-0.2, 0) is 10.2 Å². The predicted octanol–water partition coefficient (Wildman–Crippen LogP) is 2.75. The highest BCUT2D eigenvalue weighted by atomic mass is 35.5. The molecule has 1 amide bonds. The van der Waals surface area contributed by atoms with Crippen molar-refractivity contribution in [1.29, 1.82) is 0 Å². The van der Waals surface area contributed by atoms with Crippen molar-refractivity contribution in [3.05, 3.63) is 34.9 Å². The third kappa shape index (κ3) is 5.36. The van der Waals surface area contributed by atoms with Crippen molar-refractivity contribution < 1.29 is 4.79 Å². The fraction of sp³-hybridized carbons (Fsp3) is 0.579. The number of carbonyl (C=O) groups is 1. The zero-order chi connectivity index (χ0) is 18.4. The smallest absolute Gasteiger partial charge is 0.219 e. The second-order valence-corrected chi connectivity index (χ2v) is 7.49. The van der Waals surface area contributed by atoms with Crippen LogP contribution in [0.4, 0.5) is 0 Å². The van der Waals surface area contributed by atoms with Crippen molar-refractivity contribution in [2.24, 2.45) is 4.99 Å². The molecule has 0 bridgehead atoms. The molecule has 1 aliphatic rings. The van der Waals surface area contributed by atoms with Crippen molar-refractivity contribution in [2.75, 3.05) is 39.3 Å². The monoisotopic (exact) mass is 364 g/mol. The van der Waals surface area contributed by atoms with Gasteiger partial charge >= 0.3 is 0 Å². The molecule has 5 nitrogen and oxygen atoms in total. The number of piperazine rings is 1. The average molecular weight is 365 g/mol. The Hall–Kier alpha value is -1.75. The summed E-state index contributed by atoms with van der Waals surface area (Å²) in [4.78, 5) is 20.5. The third-order valence-electron chi connectivity index (χ3n) is 4.61. The number of carbonyl (C=O) groups excluding carboxylic acids is 1. The minimum absolute atomic E-state index is 0.0769. The molecule has 0 aliphatic carbocycles. The second-order valence-electron chi connectivity index (χ2n) is 7.05. The van der Waals surface area contributed by atoms with Gasteiger partial charge in [-0.15, -0.1) is 0 Å². The van der Waals surface area contributed by atoms with Crippen molar-refractivity contribution >= 4 is 23.5 Å². The number of hydrogen-bond donors (Lipinski definition) is 1. The van der Waals surface area contributed by atoms with Gasteiger partial charge in [-0.05, 0) is 24.6 Å². The molecule has 1 N–H and O–H groups in total. The lowest BCUT2D eigenvalue weighted by molar-refractivity contribution is -0.130. The van der Waals surface area contributed by atoms with Crippen LogP contribution in [0.5, 0.6) is 0 Å². The third-order valence-corrected chi connectivity index (χ3v) is 4.86. The molecule has 25 heavy (non-hydrogen) atoms. The van der Waals surface area contributed by atoms with Gasteiger partial charge in [0, 0.05) is 50.1 Å². The first-order valence-corrected chi connectivity index (χ1v) is 9.26. The van der Waals surface area contributed by atoms with E-state index in [4.69, 9.17) is 16.6 Å². The molecule has 1 heterocycles. The SMILES string of the molecule is CCNC(=NCC(C)(C)c1ccc(Cl)cc1)N1CCN(C(C)=O)CC1. The minimum atomic E-state index is -0.0769. The van der Waals surface area contributed by atoms with Crippen molar-refractivity contribution in [3.63, 3.8) is 0 Å². The van der Waals surface area contributed by atoms with Gasteiger partial charge in [0.25, 0.3) is 0 Å². The second kappa shape index (κ2) is 8.56. The minimum Gasteiger partial charge on any atom is -0.357 e. The molecule has 2 rings (SSSR count). The van der Waals surface area contributed by atoms with Gasteiger partial charge < -0.3 is 15.1 Å². The van der Waals surface area contributed by atoms with Crippen LogP contribution in [-0.4, -0.2) is 60.9 Å². The van der Waals surface area contributed by atoms with Gasteiger partial charge in [0.2, 0.25) is 5.91 Å². The summed E-state index contributed by atoms with van der Waals surface area (Å²) in [6.45, 7) is 12.7. The Balaban J connectivity index is 2.06. The van der Waals surface area contributed by atoms with E-state index in [1.807, 2.05) is 17.0 Å². The summed E-state index contributed by atoms with van der Waals surface area (Å²) in [6, 6.07) is 7.98. The lowest BCUT2D eigenvalue weighted by Crippen LogP contribution is -2.53. The molecule has 0 spiro atoms. The van der Waals surface area contributed by atoms with E-state index in [-0.39, 0.29) is 11.3 Å². The van der Waals surface area contributed by atoms with E-state index in [0.29, 0.717) is 6.54 Å². The molecule has 1 aliphatic heterocycles. The summed E-state index contributed by atoms with van der Waals surface area (Å²) < 4.78 is 0. The van der Waals surface area contributed by atoms with Gasteiger partial charge in [-0.3, -0.25) is 9.79 Å². The normalized spacial score (nSPS) is 16.1. The highest BCUT2D eigenvalue weighted by molar-refractivity contribution is 6.30. The Morgan fingerprint density at radius 1 is 1.16 bits per heavy atom. The Bertz CT molecular complexity index is 604. The predicted molar refractivity (Wildman–Crippen MR) is 104 cm³/mol. The molecule has 0 saturated carbocycles. The van der Waals surface area contributed by atoms with Crippen LogP contribution in [0.25, 0.3) is 0 Å². The van der Waals surface area contributed by atoms with Crippen LogP contribution in [0.1, 0.15) is 33.3 Å². The zero-order valence-electron chi connectivity index (χ0n) is 15.7. The van der Waals surface area contributed by atoms with Crippen LogP contribution in [0, 0.1) is 0 Å². The standard InChI is InChI=1S/C19H29ClN4O/c1-5-21-18(24-12-10-23(11-13-24)15(2)25)22-14-19(3,4)16-6-8-17(20)9-7-16/h6-9H,5,10-14H2,1-4H3,(H,21,22). The van der Waals surface area contributed by atoms with Gasteiger partial charge in [0.05, 0.1) is 6.54 Å². The quantitative estimate of drug-likeness (QED) is 0.660. The molecule has 0 unspecified atom stereocenters. The van der Waals surface area contributed by atoms with Crippen LogP contribution in [0.2, 0.25) is 5.02 Å². The molecule has 1 aromatic rings. The van der Waals surface area contributed by atoms with Crippen LogP contribution < -0.4 is 5.32 Å². The lowest BCUT2D eigenvalue weighted by atomic mass is 9.85. The van der Waals surface area contributed by atoms with E-state index in [1.165, 1.54) is 5.56 Å². The Morgan fingerprint density at radius 2 is 1.72 bits per heavy atom. The van der Waals surface area contributed by atoms with Crippen LogP contribution in [0.15, 0.2) is 29.3 Å². The molecule has 0 radical (unpaired) electrons. The largest absolute Gasteiger partial charge is 0.357 e. The maximum absolute atomic E-state index is 11.5. The summed E-state index contributed by atoms with van der Waals surface area (Å²) in [6.07, 6.45) is 0. The number of aliphatic imine (C=N–C) groups is 1. The summed E-state index contributed by atoms with van der Waals surface area (Å²) in [5, 5.41) is 4.13. The summed E-state index contributed by atoms with van der Waals surface area (Å²) >= 11 is 5.99. The van der Waals surface area contributed by atoms with E-state index in [2.05, 4.69) is 43.1 Å². The maximum Gasteiger partial charge on any atom is 0.219 e. The molecule has 6 heteroatoms. The van der Waals surface area contributed by atoms with Crippen LogP contribution >= 0.6 is 11.6 Å². The number of amides is 1. The van der Waals surface area contributed by atoms with Crippen molar-refractivity contribution in [2.45, 2.75) is 33.1 Å². The van der Waals surface area contributed by atoms with E-state index >= 15 is 0 Å². The topological polar surface area (TPSA) is 47.9 Å². The first kappa shape index (κ1) is 19.6. The Morgan fingerprint density at radius 3 is 2.24 bits per heavy atom. The number of rotatable bonds is 4. The van der Waals surface area contributed by atoms with Crippen molar-refractivity contribution in [3.8, 4) is 0 Å². The highest BCUT2D eigenvalue weighted by Gasteiger charge is 2.23. The zero-order valence-corrected chi connectivity index (χ0v) is 16.4. The first-order chi connectivity index (χ1) is 11.8.